The summed E-state index contributed by atoms with van der Waals surface area (Å²) in [6.45, 7) is 3.79. The number of nitrogens with two attached hydrogens (primary N) is 1. The molecule has 1 aromatic carbocycles. The molecule has 3 atom stereocenters. The second kappa shape index (κ2) is 6.81. The molecule has 0 aromatic heterocycles. The topological polar surface area (TPSA) is 67.2 Å². The van der Waals surface area contributed by atoms with Crippen LogP contribution in [0.4, 0.5) is 4.39 Å². The lowest BCUT2D eigenvalue weighted by Gasteiger charge is -2.33. The second-order valence-electron chi connectivity index (χ2n) is 5.40. The van der Waals surface area contributed by atoms with Gasteiger partial charge in [0.05, 0.1) is 0 Å². The van der Waals surface area contributed by atoms with Gasteiger partial charge in [0.15, 0.2) is 0 Å². The first-order valence-corrected chi connectivity index (χ1v) is 7.08. The molecule has 4 N–H and O–H groups in total. The summed E-state index contributed by atoms with van der Waals surface area (Å²) < 4.78 is 13.0. The summed E-state index contributed by atoms with van der Waals surface area (Å²) in [5.74, 6) is -0.232. The summed E-state index contributed by atoms with van der Waals surface area (Å²) in [4.78, 5) is 12.0. The predicted molar refractivity (Wildman–Crippen MR) is 76.8 cm³/mol. The fourth-order valence-corrected chi connectivity index (χ4v) is 2.55. The number of carbonyl (C=O) groups is 1. The molecular weight excluding hydrogens is 257 g/mol. The van der Waals surface area contributed by atoms with Crippen molar-refractivity contribution in [2.75, 3.05) is 19.6 Å². The van der Waals surface area contributed by atoms with Crippen LogP contribution < -0.4 is 16.4 Å². The first-order valence-electron chi connectivity index (χ1n) is 7.08. The fraction of sp³-hybridized carbons (Fsp3) is 0.533. The molecule has 0 saturated carbocycles. The molecular formula is C15H22FN3O. The van der Waals surface area contributed by atoms with Crippen molar-refractivity contribution in [2.24, 2.45) is 11.7 Å². The molecule has 1 aromatic rings. The first kappa shape index (κ1) is 14.9. The van der Waals surface area contributed by atoms with E-state index in [1.165, 1.54) is 12.1 Å². The molecule has 2 rings (SSSR count). The van der Waals surface area contributed by atoms with Crippen LogP contribution in [0.5, 0.6) is 0 Å². The molecule has 110 valence electrons. The van der Waals surface area contributed by atoms with Gasteiger partial charge in [-0.25, -0.2) is 4.39 Å². The van der Waals surface area contributed by atoms with Crippen molar-refractivity contribution >= 4 is 5.91 Å². The van der Waals surface area contributed by atoms with Gasteiger partial charge in [0.1, 0.15) is 5.82 Å². The quantitative estimate of drug-likeness (QED) is 0.770. The van der Waals surface area contributed by atoms with Gasteiger partial charge in [0, 0.05) is 31.0 Å². The largest absolute Gasteiger partial charge is 0.351 e. The molecule has 5 heteroatoms. The summed E-state index contributed by atoms with van der Waals surface area (Å²) in [5.41, 5.74) is 6.59. The van der Waals surface area contributed by atoms with Crippen molar-refractivity contribution in [3.63, 3.8) is 0 Å². The van der Waals surface area contributed by atoms with E-state index in [4.69, 9.17) is 5.73 Å². The Morgan fingerprint density at radius 2 is 2.20 bits per heavy atom. The molecule has 3 unspecified atom stereocenters. The first-order chi connectivity index (χ1) is 9.61. The fourth-order valence-electron chi connectivity index (χ4n) is 2.55. The van der Waals surface area contributed by atoms with Crippen LogP contribution in [0.1, 0.15) is 24.8 Å². The van der Waals surface area contributed by atoms with Crippen LogP contribution in [0.25, 0.3) is 0 Å². The van der Waals surface area contributed by atoms with Gasteiger partial charge in [0.25, 0.3) is 0 Å². The van der Waals surface area contributed by atoms with Crippen molar-refractivity contribution in [1.82, 2.24) is 10.6 Å². The maximum Gasteiger partial charge on any atom is 0.224 e. The van der Waals surface area contributed by atoms with Crippen LogP contribution in [0, 0.1) is 11.7 Å². The minimum Gasteiger partial charge on any atom is -0.351 e. The average molecular weight is 279 g/mol. The number of halogens is 1. The Morgan fingerprint density at radius 1 is 1.50 bits per heavy atom. The number of rotatable bonds is 4. The van der Waals surface area contributed by atoms with Crippen molar-refractivity contribution < 1.29 is 9.18 Å². The normalized spacial score (nSPS) is 24.1. The maximum atomic E-state index is 13.0. The third-order valence-electron chi connectivity index (χ3n) is 3.91. The lowest BCUT2D eigenvalue weighted by molar-refractivity contribution is -0.125. The Hall–Kier alpha value is -1.46. The van der Waals surface area contributed by atoms with E-state index in [1.54, 1.807) is 12.1 Å². The van der Waals surface area contributed by atoms with E-state index in [9.17, 15) is 9.18 Å². The van der Waals surface area contributed by atoms with Crippen molar-refractivity contribution in [3.05, 3.63) is 35.6 Å². The van der Waals surface area contributed by atoms with Crippen molar-refractivity contribution in [1.29, 1.82) is 0 Å². The van der Waals surface area contributed by atoms with Crippen LogP contribution in [-0.2, 0) is 4.79 Å². The number of amides is 1. The van der Waals surface area contributed by atoms with Crippen LogP contribution in [0.2, 0.25) is 0 Å². The summed E-state index contributed by atoms with van der Waals surface area (Å²) in [6.07, 6.45) is 0.924. The van der Waals surface area contributed by atoms with E-state index in [1.807, 2.05) is 6.92 Å². The lowest BCUT2D eigenvalue weighted by Crippen LogP contribution is -2.51. The standard InChI is InChI=1S/C15H22FN3O/c1-10(8-17)15(20)19-14-9-18-7-6-13(14)11-2-4-12(16)5-3-11/h2-5,10,13-14,18H,6-9,17H2,1H3,(H,19,20). The molecule has 0 radical (unpaired) electrons. The zero-order chi connectivity index (χ0) is 14.5. The third kappa shape index (κ3) is 3.55. The number of nitrogens with one attached hydrogen (secondary N) is 2. The Balaban J connectivity index is 2.09. The van der Waals surface area contributed by atoms with Gasteiger partial charge < -0.3 is 16.4 Å². The van der Waals surface area contributed by atoms with E-state index in [0.717, 1.165) is 25.1 Å². The minimum atomic E-state index is -0.236. The predicted octanol–water partition coefficient (Wildman–Crippen LogP) is 0.982. The number of piperidine rings is 1. The number of carbonyl (C=O) groups excluding carboxylic acids is 1. The second-order valence-corrected chi connectivity index (χ2v) is 5.40. The molecule has 20 heavy (non-hydrogen) atoms. The van der Waals surface area contributed by atoms with E-state index < -0.39 is 0 Å². The SMILES string of the molecule is CC(CN)C(=O)NC1CNCCC1c1ccc(F)cc1. The number of hydrogen-bond donors (Lipinski definition) is 3. The Kier molecular flexibility index (Phi) is 5.09. The Labute approximate surface area is 118 Å². The van der Waals surface area contributed by atoms with Gasteiger partial charge in [-0.05, 0) is 30.7 Å². The molecule has 0 aliphatic carbocycles. The highest BCUT2D eigenvalue weighted by Crippen LogP contribution is 2.26. The van der Waals surface area contributed by atoms with Gasteiger partial charge in [-0.15, -0.1) is 0 Å². The van der Waals surface area contributed by atoms with Crippen LogP contribution in [0.15, 0.2) is 24.3 Å². The monoisotopic (exact) mass is 279 g/mol. The third-order valence-corrected chi connectivity index (χ3v) is 3.91. The zero-order valence-corrected chi connectivity index (χ0v) is 11.7. The smallest absolute Gasteiger partial charge is 0.224 e. The van der Waals surface area contributed by atoms with Crippen LogP contribution >= 0.6 is 0 Å². The molecule has 4 nitrogen and oxygen atoms in total. The van der Waals surface area contributed by atoms with Gasteiger partial charge >= 0.3 is 0 Å². The molecule has 1 heterocycles. The maximum absolute atomic E-state index is 13.0. The van der Waals surface area contributed by atoms with E-state index in [-0.39, 0.29) is 29.6 Å². The molecule has 0 bridgehead atoms. The van der Waals surface area contributed by atoms with Crippen molar-refractivity contribution in [2.45, 2.75) is 25.3 Å². The summed E-state index contributed by atoms with van der Waals surface area (Å²) in [7, 11) is 0. The number of hydrogen-bond acceptors (Lipinski definition) is 3. The molecule has 1 amide bonds. The van der Waals surface area contributed by atoms with Crippen LogP contribution in [-0.4, -0.2) is 31.6 Å². The average Bonchev–Trinajstić information content (AvgIpc) is 2.48. The van der Waals surface area contributed by atoms with Gasteiger partial charge in [-0.2, -0.15) is 0 Å². The van der Waals surface area contributed by atoms with Gasteiger partial charge in [-0.3, -0.25) is 4.79 Å². The van der Waals surface area contributed by atoms with E-state index >= 15 is 0 Å². The number of benzene rings is 1. The lowest BCUT2D eigenvalue weighted by atomic mass is 9.85. The highest BCUT2D eigenvalue weighted by Gasteiger charge is 2.28. The molecule has 1 aliphatic rings. The molecule has 0 spiro atoms. The minimum absolute atomic E-state index is 0.0201. The van der Waals surface area contributed by atoms with Crippen molar-refractivity contribution in [3.8, 4) is 0 Å². The summed E-state index contributed by atoms with van der Waals surface area (Å²) in [6, 6.07) is 6.57. The summed E-state index contributed by atoms with van der Waals surface area (Å²) >= 11 is 0. The highest BCUT2D eigenvalue weighted by atomic mass is 19.1. The van der Waals surface area contributed by atoms with E-state index in [0.29, 0.717) is 6.54 Å². The van der Waals surface area contributed by atoms with E-state index in [2.05, 4.69) is 10.6 Å². The summed E-state index contributed by atoms with van der Waals surface area (Å²) in [5, 5.41) is 6.35. The highest BCUT2D eigenvalue weighted by molar-refractivity contribution is 5.79. The van der Waals surface area contributed by atoms with Gasteiger partial charge in [0.2, 0.25) is 5.91 Å². The molecule has 1 fully saturated rings. The zero-order valence-electron chi connectivity index (χ0n) is 11.7. The van der Waals surface area contributed by atoms with Crippen LogP contribution in [0.3, 0.4) is 0 Å². The Bertz CT molecular complexity index is 449. The Morgan fingerprint density at radius 3 is 2.85 bits per heavy atom. The molecule has 1 aliphatic heterocycles. The molecule has 1 saturated heterocycles. The van der Waals surface area contributed by atoms with Gasteiger partial charge in [-0.1, -0.05) is 19.1 Å².